The highest BCUT2D eigenvalue weighted by atomic mass is 35.5. The van der Waals surface area contributed by atoms with Crippen LogP contribution in [0.15, 0.2) is 30.3 Å². The third kappa shape index (κ3) is 2.96. The van der Waals surface area contributed by atoms with Crippen molar-refractivity contribution in [2.75, 3.05) is 14.2 Å². The molecule has 0 saturated carbocycles. The Bertz CT molecular complexity index is 659. The third-order valence-corrected chi connectivity index (χ3v) is 3.65. The van der Waals surface area contributed by atoms with Gasteiger partial charge in [-0.25, -0.2) is 4.39 Å². The number of hydrogen-bond acceptors (Lipinski definition) is 3. The Kier molecular flexibility index (Phi) is 4.70. The van der Waals surface area contributed by atoms with Gasteiger partial charge in [-0.2, -0.15) is 0 Å². The largest absolute Gasteiger partial charge is 0.495 e. The second kappa shape index (κ2) is 6.33. The Morgan fingerprint density at radius 2 is 1.81 bits per heavy atom. The number of hydrogen-bond donors (Lipinski definition) is 1. The van der Waals surface area contributed by atoms with E-state index in [-0.39, 0.29) is 11.9 Å². The van der Waals surface area contributed by atoms with Crippen LogP contribution in [0.3, 0.4) is 0 Å². The van der Waals surface area contributed by atoms with Crippen LogP contribution < -0.4 is 15.2 Å². The molecule has 0 heterocycles. The van der Waals surface area contributed by atoms with E-state index in [2.05, 4.69) is 0 Å². The van der Waals surface area contributed by atoms with Gasteiger partial charge in [0.15, 0.2) is 0 Å². The molecule has 1 unspecified atom stereocenters. The number of halogens is 2. The average Bonchev–Trinajstić information content (AvgIpc) is 2.47. The van der Waals surface area contributed by atoms with Crippen molar-refractivity contribution in [2.45, 2.75) is 13.0 Å². The highest BCUT2D eigenvalue weighted by molar-refractivity contribution is 6.34. The minimum atomic E-state index is -0.362. The first-order valence-corrected chi connectivity index (χ1v) is 6.83. The van der Waals surface area contributed by atoms with E-state index in [0.717, 1.165) is 5.56 Å². The maximum atomic E-state index is 14.2. The Balaban J connectivity index is 2.66. The number of benzene rings is 2. The van der Waals surface area contributed by atoms with Crippen LogP contribution in [0.2, 0.25) is 5.02 Å². The lowest BCUT2D eigenvalue weighted by molar-refractivity contribution is 0.395. The van der Waals surface area contributed by atoms with Crippen LogP contribution in [0.4, 0.5) is 4.39 Å². The van der Waals surface area contributed by atoms with E-state index in [1.54, 1.807) is 24.3 Å². The molecule has 112 valence electrons. The van der Waals surface area contributed by atoms with Crippen LogP contribution in [0.5, 0.6) is 11.5 Å². The fourth-order valence-electron chi connectivity index (χ4n) is 2.14. The van der Waals surface area contributed by atoms with Crippen molar-refractivity contribution >= 4 is 11.6 Å². The molecule has 2 rings (SSSR count). The lowest BCUT2D eigenvalue weighted by Crippen LogP contribution is -2.05. The number of rotatable bonds is 4. The topological polar surface area (TPSA) is 44.5 Å². The molecule has 1 atom stereocenters. The Labute approximate surface area is 128 Å². The quantitative estimate of drug-likeness (QED) is 0.921. The fourth-order valence-corrected chi connectivity index (χ4v) is 2.46. The molecular formula is C16H17ClFNO2. The molecular weight excluding hydrogens is 293 g/mol. The van der Waals surface area contributed by atoms with Crippen molar-refractivity contribution in [1.82, 2.24) is 0 Å². The molecule has 0 aliphatic heterocycles. The zero-order valence-electron chi connectivity index (χ0n) is 12.1. The molecule has 0 aliphatic rings. The van der Waals surface area contributed by atoms with Gasteiger partial charge in [-0.1, -0.05) is 17.7 Å². The molecule has 0 aliphatic carbocycles. The van der Waals surface area contributed by atoms with E-state index in [1.807, 2.05) is 6.92 Å². The molecule has 21 heavy (non-hydrogen) atoms. The number of methoxy groups -OCH3 is 2. The first kappa shape index (κ1) is 15.6. The standard InChI is InChI=1S/C16H17ClFNO2/c1-9(19)10-4-6-13(18)12(8-10)11-5-7-14(20-2)15(17)16(11)21-3/h4-9H,19H2,1-3H3. The maximum absolute atomic E-state index is 14.2. The summed E-state index contributed by atoms with van der Waals surface area (Å²) < 4.78 is 24.6. The molecule has 0 radical (unpaired) electrons. The van der Waals surface area contributed by atoms with Crippen LogP contribution >= 0.6 is 11.6 Å². The van der Waals surface area contributed by atoms with Gasteiger partial charge in [0.1, 0.15) is 22.3 Å². The van der Waals surface area contributed by atoms with E-state index < -0.39 is 0 Å². The summed E-state index contributed by atoms with van der Waals surface area (Å²) in [6, 6.07) is 7.97. The second-order valence-electron chi connectivity index (χ2n) is 4.69. The highest BCUT2D eigenvalue weighted by Gasteiger charge is 2.18. The summed E-state index contributed by atoms with van der Waals surface area (Å²) in [6.45, 7) is 1.84. The van der Waals surface area contributed by atoms with Crippen molar-refractivity contribution in [3.63, 3.8) is 0 Å². The Hall–Kier alpha value is -1.78. The van der Waals surface area contributed by atoms with Crippen molar-refractivity contribution in [1.29, 1.82) is 0 Å². The Morgan fingerprint density at radius 3 is 2.38 bits per heavy atom. The predicted octanol–water partition coefficient (Wildman–Crippen LogP) is 4.18. The van der Waals surface area contributed by atoms with Crippen LogP contribution in [-0.4, -0.2) is 14.2 Å². The molecule has 2 aromatic rings. The maximum Gasteiger partial charge on any atom is 0.149 e. The predicted molar refractivity (Wildman–Crippen MR) is 82.6 cm³/mol. The van der Waals surface area contributed by atoms with Crippen LogP contribution in [0.1, 0.15) is 18.5 Å². The SMILES string of the molecule is COc1ccc(-c2cc(C(C)N)ccc2F)c(OC)c1Cl. The summed E-state index contributed by atoms with van der Waals surface area (Å²) in [4.78, 5) is 0. The summed E-state index contributed by atoms with van der Waals surface area (Å²) in [6.07, 6.45) is 0. The van der Waals surface area contributed by atoms with Crippen molar-refractivity contribution in [2.24, 2.45) is 5.73 Å². The van der Waals surface area contributed by atoms with E-state index in [0.29, 0.717) is 27.6 Å². The molecule has 5 heteroatoms. The van der Waals surface area contributed by atoms with Gasteiger partial charge >= 0.3 is 0 Å². The third-order valence-electron chi connectivity index (χ3n) is 3.29. The van der Waals surface area contributed by atoms with Gasteiger partial charge in [0.25, 0.3) is 0 Å². The summed E-state index contributed by atoms with van der Waals surface area (Å²) in [5.74, 6) is 0.483. The Morgan fingerprint density at radius 1 is 1.10 bits per heavy atom. The van der Waals surface area contributed by atoms with Gasteiger partial charge in [0, 0.05) is 17.2 Å². The van der Waals surface area contributed by atoms with Gasteiger partial charge in [0.2, 0.25) is 0 Å². The highest BCUT2D eigenvalue weighted by Crippen LogP contribution is 2.42. The molecule has 0 spiro atoms. The van der Waals surface area contributed by atoms with Crippen molar-refractivity contribution in [3.8, 4) is 22.6 Å². The first-order chi connectivity index (χ1) is 9.99. The summed E-state index contributed by atoms with van der Waals surface area (Å²) in [7, 11) is 3.00. The summed E-state index contributed by atoms with van der Waals surface area (Å²) in [5.41, 5.74) is 7.64. The zero-order chi connectivity index (χ0) is 15.6. The second-order valence-corrected chi connectivity index (χ2v) is 5.07. The van der Waals surface area contributed by atoms with Gasteiger partial charge in [-0.15, -0.1) is 0 Å². The van der Waals surface area contributed by atoms with Crippen molar-refractivity contribution in [3.05, 3.63) is 46.7 Å². The fraction of sp³-hybridized carbons (Fsp3) is 0.250. The minimum Gasteiger partial charge on any atom is -0.495 e. The number of nitrogens with two attached hydrogens (primary N) is 1. The normalized spacial score (nSPS) is 12.1. The summed E-state index contributed by atoms with van der Waals surface area (Å²) in [5, 5.41) is 0.308. The van der Waals surface area contributed by atoms with Gasteiger partial charge in [0.05, 0.1) is 14.2 Å². The van der Waals surface area contributed by atoms with Crippen molar-refractivity contribution < 1.29 is 13.9 Å². The molecule has 0 saturated heterocycles. The molecule has 0 fully saturated rings. The zero-order valence-corrected chi connectivity index (χ0v) is 12.9. The van der Waals surface area contributed by atoms with E-state index >= 15 is 0 Å². The van der Waals surface area contributed by atoms with Gasteiger partial charge in [-0.05, 0) is 36.8 Å². The average molecular weight is 310 g/mol. The van der Waals surface area contributed by atoms with Gasteiger partial charge in [-0.3, -0.25) is 0 Å². The first-order valence-electron chi connectivity index (χ1n) is 6.45. The summed E-state index contributed by atoms with van der Waals surface area (Å²) >= 11 is 6.22. The lowest BCUT2D eigenvalue weighted by Gasteiger charge is -2.15. The minimum absolute atomic E-state index is 0.191. The van der Waals surface area contributed by atoms with E-state index in [4.69, 9.17) is 26.8 Å². The molecule has 0 aromatic heterocycles. The molecule has 0 amide bonds. The lowest BCUT2D eigenvalue weighted by atomic mass is 9.99. The van der Waals surface area contributed by atoms with Crippen LogP contribution in [0, 0.1) is 5.82 Å². The molecule has 0 bridgehead atoms. The molecule has 2 aromatic carbocycles. The molecule has 2 N–H and O–H groups in total. The van der Waals surface area contributed by atoms with Crippen LogP contribution in [-0.2, 0) is 0 Å². The molecule has 3 nitrogen and oxygen atoms in total. The van der Waals surface area contributed by atoms with Gasteiger partial charge < -0.3 is 15.2 Å². The van der Waals surface area contributed by atoms with Crippen LogP contribution in [0.25, 0.3) is 11.1 Å². The van der Waals surface area contributed by atoms with E-state index in [9.17, 15) is 4.39 Å². The monoisotopic (exact) mass is 309 g/mol. The smallest absolute Gasteiger partial charge is 0.149 e. The van der Waals surface area contributed by atoms with E-state index in [1.165, 1.54) is 20.3 Å². The number of ether oxygens (including phenoxy) is 2.